The number of aliphatic hydroxyl groups excluding tert-OH is 1. The van der Waals surface area contributed by atoms with E-state index < -0.39 is 0 Å². The van der Waals surface area contributed by atoms with Crippen molar-refractivity contribution in [1.82, 2.24) is 4.90 Å². The SMILES string of the molecule is Cc1ccc(N2C(C)CCN(C)CC2CO)cc1Br. The van der Waals surface area contributed by atoms with E-state index in [9.17, 15) is 5.11 Å². The molecule has 0 aliphatic carbocycles. The molecule has 1 saturated heterocycles. The van der Waals surface area contributed by atoms with Gasteiger partial charge in [-0.2, -0.15) is 0 Å². The van der Waals surface area contributed by atoms with Crippen molar-refractivity contribution < 1.29 is 5.11 Å². The lowest BCUT2D eigenvalue weighted by atomic mass is 10.1. The molecule has 0 aromatic heterocycles. The summed E-state index contributed by atoms with van der Waals surface area (Å²) in [5, 5.41) is 9.73. The van der Waals surface area contributed by atoms with Crippen molar-refractivity contribution in [1.29, 1.82) is 0 Å². The Balaban J connectivity index is 2.34. The summed E-state index contributed by atoms with van der Waals surface area (Å²) in [6.07, 6.45) is 1.12. The summed E-state index contributed by atoms with van der Waals surface area (Å²) in [6.45, 7) is 6.53. The number of hydrogen-bond acceptors (Lipinski definition) is 3. The Morgan fingerprint density at radius 3 is 2.79 bits per heavy atom. The molecule has 0 radical (unpaired) electrons. The van der Waals surface area contributed by atoms with Crippen LogP contribution in [0.15, 0.2) is 22.7 Å². The van der Waals surface area contributed by atoms with Gasteiger partial charge in [0.1, 0.15) is 0 Å². The van der Waals surface area contributed by atoms with Gasteiger partial charge in [0.25, 0.3) is 0 Å². The summed E-state index contributed by atoms with van der Waals surface area (Å²) in [4.78, 5) is 4.67. The first-order valence-electron chi connectivity index (χ1n) is 6.87. The van der Waals surface area contributed by atoms with Gasteiger partial charge >= 0.3 is 0 Å². The molecule has 1 N–H and O–H groups in total. The summed E-state index contributed by atoms with van der Waals surface area (Å²) in [6, 6.07) is 7.06. The molecular formula is C15H23BrN2O. The maximum absolute atomic E-state index is 9.73. The van der Waals surface area contributed by atoms with Crippen molar-refractivity contribution in [2.45, 2.75) is 32.4 Å². The van der Waals surface area contributed by atoms with Crippen LogP contribution in [-0.2, 0) is 0 Å². The van der Waals surface area contributed by atoms with Crippen LogP contribution in [0.3, 0.4) is 0 Å². The van der Waals surface area contributed by atoms with Crippen LogP contribution in [0, 0.1) is 6.92 Å². The summed E-state index contributed by atoms with van der Waals surface area (Å²) in [5.41, 5.74) is 2.43. The second kappa shape index (κ2) is 6.25. The zero-order chi connectivity index (χ0) is 14.0. The van der Waals surface area contributed by atoms with Crippen LogP contribution >= 0.6 is 15.9 Å². The van der Waals surface area contributed by atoms with E-state index in [2.05, 4.69) is 64.8 Å². The van der Waals surface area contributed by atoms with Gasteiger partial charge in [0.05, 0.1) is 12.6 Å². The number of rotatable bonds is 2. The topological polar surface area (TPSA) is 26.7 Å². The monoisotopic (exact) mass is 326 g/mol. The van der Waals surface area contributed by atoms with Crippen LogP contribution in [0.5, 0.6) is 0 Å². The van der Waals surface area contributed by atoms with Crippen LogP contribution in [0.2, 0.25) is 0 Å². The summed E-state index contributed by atoms with van der Waals surface area (Å²) < 4.78 is 1.13. The van der Waals surface area contributed by atoms with E-state index in [0.717, 1.165) is 24.0 Å². The van der Waals surface area contributed by atoms with Gasteiger partial charge in [0.15, 0.2) is 0 Å². The van der Waals surface area contributed by atoms with Crippen LogP contribution in [-0.4, -0.2) is 48.8 Å². The van der Waals surface area contributed by atoms with Gasteiger partial charge in [-0.05, 0) is 51.6 Å². The molecule has 2 rings (SSSR count). The predicted molar refractivity (Wildman–Crippen MR) is 83.8 cm³/mol. The minimum atomic E-state index is 0.164. The van der Waals surface area contributed by atoms with Gasteiger partial charge < -0.3 is 14.9 Å². The van der Waals surface area contributed by atoms with E-state index in [1.165, 1.54) is 11.3 Å². The van der Waals surface area contributed by atoms with Crippen molar-refractivity contribution in [3.63, 3.8) is 0 Å². The van der Waals surface area contributed by atoms with Gasteiger partial charge in [-0.25, -0.2) is 0 Å². The molecule has 2 unspecified atom stereocenters. The van der Waals surface area contributed by atoms with Crippen molar-refractivity contribution in [2.24, 2.45) is 0 Å². The molecule has 0 saturated carbocycles. The minimum absolute atomic E-state index is 0.164. The second-order valence-corrected chi connectivity index (χ2v) is 6.43. The molecule has 1 aromatic carbocycles. The van der Waals surface area contributed by atoms with Crippen molar-refractivity contribution >= 4 is 21.6 Å². The highest BCUT2D eigenvalue weighted by molar-refractivity contribution is 9.10. The van der Waals surface area contributed by atoms with E-state index >= 15 is 0 Å². The molecule has 19 heavy (non-hydrogen) atoms. The van der Waals surface area contributed by atoms with Gasteiger partial charge in [0.2, 0.25) is 0 Å². The fourth-order valence-corrected chi connectivity index (χ4v) is 3.17. The maximum atomic E-state index is 9.73. The van der Waals surface area contributed by atoms with E-state index in [1.807, 2.05) is 0 Å². The van der Waals surface area contributed by atoms with Crippen molar-refractivity contribution in [3.05, 3.63) is 28.2 Å². The van der Waals surface area contributed by atoms with Gasteiger partial charge in [-0.1, -0.05) is 22.0 Å². The Bertz CT molecular complexity index is 438. The van der Waals surface area contributed by atoms with Crippen LogP contribution in [0.4, 0.5) is 5.69 Å². The first kappa shape index (κ1) is 14.8. The molecule has 106 valence electrons. The van der Waals surface area contributed by atoms with E-state index in [-0.39, 0.29) is 12.6 Å². The number of benzene rings is 1. The lowest BCUT2D eigenvalue weighted by Gasteiger charge is -2.36. The summed E-state index contributed by atoms with van der Waals surface area (Å²) in [7, 11) is 2.13. The third-order valence-electron chi connectivity index (χ3n) is 3.98. The molecule has 4 heteroatoms. The van der Waals surface area contributed by atoms with Gasteiger partial charge in [-0.15, -0.1) is 0 Å². The molecule has 2 atom stereocenters. The molecule has 1 aliphatic rings. The fourth-order valence-electron chi connectivity index (χ4n) is 2.80. The molecule has 0 spiro atoms. The van der Waals surface area contributed by atoms with Crippen LogP contribution < -0.4 is 4.90 Å². The zero-order valence-electron chi connectivity index (χ0n) is 11.9. The molecule has 0 bridgehead atoms. The Kier molecular flexibility index (Phi) is 4.87. The number of aliphatic hydroxyl groups is 1. The maximum Gasteiger partial charge on any atom is 0.0650 e. The molecule has 1 fully saturated rings. The predicted octanol–water partition coefficient (Wildman–Crippen LogP) is 2.65. The van der Waals surface area contributed by atoms with Crippen LogP contribution in [0.1, 0.15) is 18.9 Å². The van der Waals surface area contributed by atoms with Crippen molar-refractivity contribution in [3.8, 4) is 0 Å². The number of aryl methyl sites for hydroxylation is 1. The number of halogens is 1. The normalized spacial score (nSPS) is 25.4. The molecule has 1 aliphatic heterocycles. The molecule has 3 nitrogen and oxygen atoms in total. The smallest absolute Gasteiger partial charge is 0.0650 e. The Labute approximate surface area is 124 Å². The largest absolute Gasteiger partial charge is 0.394 e. The molecule has 0 amide bonds. The zero-order valence-corrected chi connectivity index (χ0v) is 13.5. The third-order valence-corrected chi connectivity index (χ3v) is 4.84. The summed E-state index contributed by atoms with van der Waals surface area (Å²) >= 11 is 3.61. The molecule has 1 aromatic rings. The van der Waals surface area contributed by atoms with Gasteiger partial charge in [0, 0.05) is 22.7 Å². The highest BCUT2D eigenvalue weighted by atomic mass is 79.9. The van der Waals surface area contributed by atoms with Crippen LogP contribution in [0.25, 0.3) is 0 Å². The lowest BCUT2D eigenvalue weighted by Crippen LogP contribution is -2.46. The number of likely N-dealkylation sites (N-methyl/N-ethyl adjacent to an activating group) is 1. The quantitative estimate of drug-likeness (QED) is 0.905. The second-order valence-electron chi connectivity index (χ2n) is 5.58. The highest BCUT2D eigenvalue weighted by Gasteiger charge is 2.28. The average molecular weight is 327 g/mol. The molecular weight excluding hydrogens is 304 g/mol. The Morgan fingerprint density at radius 2 is 2.16 bits per heavy atom. The van der Waals surface area contributed by atoms with E-state index in [0.29, 0.717) is 6.04 Å². The summed E-state index contributed by atoms with van der Waals surface area (Å²) in [5.74, 6) is 0. The number of nitrogens with zero attached hydrogens (tertiary/aromatic N) is 2. The first-order chi connectivity index (χ1) is 9.02. The van der Waals surface area contributed by atoms with Gasteiger partial charge in [-0.3, -0.25) is 0 Å². The van der Waals surface area contributed by atoms with E-state index in [4.69, 9.17) is 0 Å². The minimum Gasteiger partial charge on any atom is -0.394 e. The molecule has 1 heterocycles. The fraction of sp³-hybridized carbons (Fsp3) is 0.600. The highest BCUT2D eigenvalue weighted by Crippen LogP contribution is 2.28. The number of hydrogen-bond donors (Lipinski definition) is 1. The van der Waals surface area contributed by atoms with E-state index in [1.54, 1.807) is 0 Å². The standard InChI is InChI=1S/C15H23BrN2O/c1-11-4-5-13(8-15(11)16)18-12(2)6-7-17(3)9-14(18)10-19/h4-5,8,12,14,19H,6-7,9-10H2,1-3H3. The average Bonchev–Trinajstić information content (AvgIpc) is 2.52. The number of anilines is 1. The Hall–Kier alpha value is -0.580. The third kappa shape index (κ3) is 3.30. The Morgan fingerprint density at radius 1 is 1.42 bits per heavy atom. The first-order valence-corrected chi connectivity index (χ1v) is 7.66. The lowest BCUT2D eigenvalue weighted by molar-refractivity contribution is 0.228. The van der Waals surface area contributed by atoms with Crippen molar-refractivity contribution in [2.75, 3.05) is 31.6 Å².